The van der Waals surface area contributed by atoms with Gasteiger partial charge in [-0.3, -0.25) is 9.59 Å². The number of benzene rings is 2. The Kier molecular flexibility index (Phi) is 4.63. The largest absolute Gasteiger partial charge is 0.416 e. The van der Waals surface area contributed by atoms with Crippen molar-refractivity contribution < 1.29 is 27.2 Å². The molecule has 0 radical (unpaired) electrons. The first-order chi connectivity index (χ1) is 10.8. The van der Waals surface area contributed by atoms with E-state index >= 15 is 0 Å². The Bertz CT molecular complexity index is 744. The first-order valence-corrected chi connectivity index (χ1v) is 6.31. The van der Waals surface area contributed by atoms with Gasteiger partial charge in [0.25, 0.3) is 0 Å². The molecule has 0 aliphatic heterocycles. The van der Waals surface area contributed by atoms with E-state index in [9.17, 15) is 27.2 Å². The van der Waals surface area contributed by atoms with E-state index in [1.54, 1.807) is 0 Å². The molecule has 2 aromatic carbocycles. The summed E-state index contributed by atoms with van der Waals surface area (Å²) >= 11 is 0. The molecule has 0 aromatic heterocycles. The zero-order valence-corrected chi connectivity index (χ0v) is 11.4. The Hall–Kier alpha value is -2.90. The van der Waals surface area contributed by atoms with Crippen molar-refractivity contribution in [1.82, 2.24) is 0 Å². The summed E-state index contributed by atoms with van der Waals surface area (Å²) in [6.07, 6.45) is -4.57. The van der Waals surface area contributed by atoms with Gasteiger partial charge < -0.3 is 10.6 Å². The summed E-state index contributed by atoms with van der Waals surface area (Å²) in [5, 5.41) is 4.05. The number of carbonyl (C=O) groups is 2. The van der Waals surface area contributed by atoms with Crippen LogP contribution in [0.15, 0.2) is 48.5 Å². The van der Waals surface area contributed by atoms with Crippen molar-refractivity contribution in [2.45, 2.75) is 6.18 Å². The van der Waals surface area contributed by atoms with Gasteiger partial charge >= 0.3 is 18.0 Å². The smallest absolute Gasteiger partial charge is 0.318 e. The van der Waals surface area contributed by atoms with Crippen molar-refractivity contribution in [1.29, 1.82) is 0 Å². The van der Waals surface area contributed by atoms with Crippen LogP contribution in [0.5, 0.6) is 0 Å². The van der Waals surface area contributed by atoms with E-state index in [4.69, 9.17) is 0 Å². The lowest BCUT2D eigenvalue weighted by Crippen LogP contribution is -2.29. The summed E-state index contributed by atoms with van der Waals surface area (Å²) < 4.78 is 51.0. The van der Waals surface area contributed by atoms with Crippen LogP contribution in [0.2, 0.25) is 0 Å². The number of alkyl halides is 3. The maximum atomic E-state index is 13.4. The predicted octanol–water partition coefficient (Wildman–Crippen LogP) is 3.42. The highest BCUT2D eigenvalue weighted by molar-refractivity contribution is 6.43. The normalized spacial score (nSPS) is 11.0. The zero-order valence-electron chi connectivity index (χ0n) is 11.4. The van der Waals surface area contributed by atoms with E-state index in [1.165, 1.54) is 24.3 Å². The molecule has 8 heteroatoms. The second-order valence-electron chi connectivity index (χ2n) is 4.47. The lowest BCUT2D eigenvalue weighted by atomic mass is 10.2. The summed E-state index contributed by atoms with van der Waals surface area (Å²) in [4.78, 5) is 23.3. The molecule has 0 aliphatic rings. The average Bonchev–Trinajstić information content (AvgIpc) is 2.49. The van der Waals surface area contributed by atoms with Gasteiger partial charge in [0, 0.05) is 5.69 Å². The Balaban J connectivity index is 2.07. The Morgan fingerprint density at radius 3 is 2.17 bits per heavy atom. The second kappa shape index (κ2) is 6.47. The van der Waals surface area contributed by atoms with Gasteiger partial charge in [-0.15, -0.1) is 0 Å². The number of amides is 2. The average molecular weight is 326 g/mol. The number of rotatable bonds is 2. The number of hydrogen-bond acceptors (Lipinski definition) is 2. The predicted molar refractivity (Wildman–Crippen MR) is 75.1 cm³/mol. The number of anilines is 2. The standard InChI is InChI=1S/C15H10F4N2O2/c16-11-6-1-2-7-12(11)21-14(23)13(22)20-10-5-3-4-9(8-10)15(17,18)19/h1-8H,(H,20,22)(H,21,23). The zero-order chi connectivity index (χ0) is 17.0. The van der Waals surface area contributed by atoms with Crippen LogP contribution in [-0.4, -0.2) is 11.8 Å². The highest BCUT2D eigenvalue weighted by Crippen LogP contribution is 2.30. The topological polar surface area (TPSA) is 58.2 Å². The van der Waals surface area contributed by atoms with Gasteiger partial charge in [-0.05, 0) is 30.3 Å². The van der Waals surface area contributed by atoms with E-state index in [-0.39, 0.29) is 11.4 Å². The summed E-state index contributed by atoms with van der Waals surface area (Å²) in [5.74, 6) is -3.16. The minimum Gasteiger partial charge on any atom is -0.318 e. The molecule has 0 spiro atoms. The fraction of sp³-hybridized carbons (Fsp3) is 0.0667. The van der Waals surface area contributed by atoms with Gasteiger partial charge in [0.05, 0.1) is 11.3 Å². The molecule has 0 unspecified atom stereocenters. The summed E-state index contributed by atoms with van der Waals surface area (Å²) in [7, 11) is 0. The van der Waals surface area contributed by atoms with Crippen LogP contribution < -0.4 is 10.6 Å². The van der Waals surface area contributed by atoms with Crippen molar-refractivity contribution in [3.8, 4) is 0 Å². The van der Waals surface area contributed by atoms with Gasteiger partial charge in [-0.2, -0.15) is 13.2 Å². The van der Waals surface area contributed by atoms with Crippen molar-refractivity contribution in [2.24, 2.45) is 0 Å². The molecule has 2 rings (SSSR count). The van der Waals surface area contributed by atoms with Crippen LogP contribution in [0.4, 0.5) is 28.9 Å². The lowest BCUT2D eigenvalue weighted by Gasteiger charge is -2.10. The SMILES string of the molecule is O=C(Nc1cccc(C(F)(F)F)c1)C(=O)Nc1ccccc1F. The van der Waals surface area contributed by atoms with Gasteiger partial charge in [0.15, 0.2) is 0 Å². The molecule has 4 nitrogen and oxygen atoms in total. The fourth-order valence-electron chi connectivity index (χ4n) is 1.70. The first-order valence-electron chi connectivity index (χ1n) is 6.31. The highest BCUT2D eigenvalue weighted by Gasteiger charge is 2.30. The van der Waals surface area contributed by atoms with Gasteiger partial charge in [0.1, 0.15) is 5.82 Å². The Labute approximate surface area is 128 Å². The molecule has 0 fully saturated rings. The van der Waals surface area contributed by atoms with Crippen LogP contribution in [0.3, 0.4) is 0 Å². The maximum absolute atomic E-state index is 13.4. The third-order valence-electron chi connectivity index (χ3n) is 2.78. The fourth-order valence-corrected chi connectivity index (χ4v) is 1.70. The Morgan fingerprint density at radius 1 is 0.870 bits per heavy atom. The summed E-state index contributed by atoms with van der Waals surface area (Å²) in [6.45, 7) is 0. The number of halogens is 4. The minimum absolute atomic E-state index is 0.200. The maximum Gasteiger partial charge on any atom is 0.416 e. The molecule has 2 aromatic rings. The van der Waals surface area contributed by atoms with Gasteiger partial charge in [-0.25, -0.2) is 4.39 Å². The molecule has 0 bridgehead atoms. The number of para-hydroxylation sites is 1. The monoisotopic (exact) mass is 326 g/mol. The van der Waals surface area contributed by atoms with Crippen LogP contribution in [-0.2, 0) is 15.8 Å². The first kappa shape index (κ1) is 16.5. The van der Waals surface area contributed by atoms with Crippen LogP contribution in [0.25, 0.3) is 0 Å². The van der Waals surface area contributed by atoms with Gasteiger partial charge in [0.2, 0.25) is 0 Å². The number of nitrogens with one attached hydrogen (secondary N) is 2. The van der Waals surface area contributed by atoms with E-state index in [1.807, 2.05) is 10.6 Å². The number of hydrogen-bond donors (Lipinski definition) is 2. The molecular formula is C15H10F4N2O2. The van der Waals surface area contributed by atoms with Crippen molar-refractivity contribution in [2.75, 3.05) is 10.6 Å². The summed E-state index contributed by atoms with van der Waals surface area (Å²) in [6, 6.07) is 8.97. The van der Waals surface area contributed by atoms with Crippen molar-refractivity contribution in [3.05, 3.63) is 59.9 Å². The van der Waals surface area contributed by atoms with Crippen LogP contribution in [0, 0.1) is 5.82 Å². The van der Waals surface area contributed by atoms with Crippen LogP contribution in [0.1, 0.15) is 5.56 Å². The molecule has 2 N–H and O–H groups in total. The molecule has 2 amide bonds. The Morgan fingerprint density at radius 2 is 1.52 bits per heavy atom. The summed E-state index contributed by atoms with van der Waals surface area (Å²) in [5.41, 5.74) is -1.38. The molecule has 23 heavy (non-hydrogen) atoms. The molecule has 0 heterocycles. The van der Waals surface area contributed by atoms with E-state index in [0.29, 0.717) is 6.07 Å². The minimum atomic E-state index is -4.57. The van der Waals surface area contributed by atoms with Gasteiger partial charge in [-0.1, -0.05) is 18.2 Å². The number of carbonyl (C=O) groups excluding carboxylic acids is 2. The molecule has 120 valence electrons. The quantitative estimate of drug-likeness (QED) is 0.656. The lowest BCUT2D eigenvalue weighted by molar-refractivity contribution is -0.137. The third kappa shape index (κ3) is 4.29. The molecule has 0 aliphatic carbocycles. The van der Waals surface area contributed by atoms with Crippen molar-refractivity contribution in [3.63, 3.8) is 0 Å². The van der Waals surface area contributed by atoms with E-state index in [2.05, 4.69) is 0 Å². The van der Waals surface area contributed by atoms with E-state index < -0.39 is 29.4 Å². The third-order valence-corrected chi connectivity index (χ3v) is 2.78. The van der Waals surface area contributed by atoms with E-state index in [0.717, 1.165) is 18.2 Å². The molecule has 0 saturated heterocycles. The molecular weight excluding hydrogens is 316 g/mol. The molecule has 0 atom stereocenters. The molecule has 0 saturated carbocycles. The van der Waals surface area contributed by atoms with Crippen molar-refractivity contribution >= 4 is 23.2 Å². The highest BCUT2D eigenvalue weighted by atomic mass is 19.4. The van der Waals surface area contributed by atoms with Crippen LogP contribution >= 0.6 is 0 Å². The second-order valence-corrected chi connectivity index (χ2v) is 4.47.